The first-order valence-corrected chi connectivity index (χ1v) is 6.95. The average molecular weight is 319 g/mol. The summed E-state index contributed by atoms with van der Waals surface area (Å²) in [5.74, 6) is 1.58. The Kier molecular flexibility index (Phi) is 5.02. The van der Waals surface area contributed by atoms with E-state index in [1.807, 2.05) is 19.9 Å². The van der Waals surface area contributed by atoms with Crippen LogP contribution < -0.4 is 14.8 Å². The Balaban J connectivity index is 2.40. The zero-order valence-corrected chi connectivity index (χ0v) is 13.2. The fourth-order valence-electron chi connectivity index (χ4n) is 1.75. The van der Waals surface area contributed by atoms with Crippen molar-refractivity contribution in [2.75, 3.05) is 12.4 Å². The highest BCUT2D eigenvalue weighted by atomic mass is 35.5. The van der Waals surface area contributed by atoms with Gasteiger partial charge in [-0.25, -0.2) is 4.98 Å². The predicted octanol–water partition coefficient (Wildman–Crippen LogP) is 3.54. The van der Waals surface area contributed by atoms with E-state index in [2.05, 4.69) is 15.3 Å². The number of benzene rings is 1. The van der Waals surface area contributed by atoms with Crippen molar-refractivity contribution in [3.63, 3.8) is 0 Å². The highest BCUT2D eigenvalue weighted by Gasteiger charge is 2.12. The van der Waals surface area contributed by atoms with E-state index in [0.717, 1.165) is 0 Å². The minimum Gasteiger partial charge on any atom is -0.497 e. The van der Waals surface area contributed by atoms with Gasteiger partial charge in [0.05, 0.1) is 25.1 Å². The molecular weight excluding hydrogens is 304 g/mol. The van der Waals surface area contributed by atoms with Crippen LogP contribution in [0.25, 0.3) is 0 Å². The molecule has 1 aromatic carbocycles. The van der Waals surface area contributed by atoms with Crippen LogP contribution in [0.5, 0.6) is 11.5 Å². The van der Waals surface area contributed by atoms with Crippen LogP contribution in [0.1, 0.15) is 19.4 Å². The number of halogens is 1. The van der Waals surface area contributed by atoms with Gasteiger partial charge in [0.15, 0.2) is 5.82 Å². The van der Waals surface area contributed by atoms with Gasteiger partial charge < -0.3 is 14.8 Å². The minimum atomic E-state index is -0.0166. The molecule has 1 N–H and O–H groups in total. The summed E-state index contributed by atoms with van der Waals surface area (Å²) < 4.78 is 11.0. The molecule has 0 unspecified atom stereocenters. The molecule has 0 radical (unpaired) electrons. The van der Waals surface area contributed by atoms with Crippen LogP contribution in [-0.4, -0.2) is 23.2 Å². The second-order valence-corrected chi connectivity index (χ2v) is 5.00. The van der Waals surface area contributed by atoms with Gasteiger partial charge >= 0.3 is 0 Å². The zero-order chi connectivity index (χ0) is 16.1. The number of hydrogen-bond acceptors (Lipinski definition) is 6. The van der Waals surface area contributed by atoms with E-state index in [-0.39, 0.29) is 17.0 Å². The summed E-state index contributed by atoms with van der Waals surface area (Å²) >= 11 is 5.79. The molecule has 0 bridgehead atoms. The number of ether oxygens (including phenoxy) is 2. The third-order valence-electron chi connectivity index (χ3n) is 2.68. The van der Waals surface area contributed by atoms with E-state index in [1.165, 1.54) is 6.20 Å². The second-order valence-electron chi connectivity index (χ2n) is 4.67. The first-order valence-electron chi connectivity index (χ1n) is 6.58. The lowest BCUT2D eigenvalue weighted by atomic mass is 10.2. The Morgan fingerprint density at radius 3 is 2.77 bits per heavy atom. The largest absolute Gasteiger partial charge is 0.497 e. The quantitative estimate of drug-likeness (QED) is 0.849. The molecule has 0 aliphatic carbocycles. The van der Waals surface area contributed by atoms with Gasteiger partial charge in [-0.1, -0.05) is 0 Å². The Bertz CT molecular complexity index is 713. The summed E-state index contributed by atoms with van der Waals surface area (Å²) in [5.41, 5.74) is 0.941. The van der Waals surface area contributed by atoms with Crippen molar-refractivity contribution in [2.24, 2.45) is 0 Å². The molecule has 22 heavy (non-hydrogen) atoms. The highest BCUT2D eigenvalue weighted by molar-refractivity contribution is 6.28. The molecule has 6 nitrogen and oxygen atoms in total. The first kappa shape index (κ1) is 15.9. The van der Waals surface area contributed by atoms with Gasteiger partial charge in [-0.15, -0.1) is 0 Å². The lowest BCUT2D eigenvalue weighted by Crippen LogP contribution is -2.08. The fourth-order valence-corrected chi connectivity index (χ4v) is 1.88. The molecule has 2 rings (SSSR count). The van der Waals surface area contributed by atoms with Crippen LogP contribution >= 0.6 is 11.6 Å². The maximum absolute atomic E-state index is 9.12. The van der Waals surface area contributed by atoms with Crippen LogP contribution in [0.15, 0.2) is 24.4 Å². The number of rotatable bonds is 5. The third kappa shape index (κ3) is 3.77. The zero-order valence-electron chi connectivity index (χ0n) is 12.4. The first-order chi connectivity index (χ1) is 10.5. The number of hydrogen-bond donors (Lipinski definition) is 1. The lowest BCUT2D eigenvalue weighted by molar-refractivity contribution is 0.242. The number of nitriles is 1. The monoisotopic (exact) mass is 318 g/mol. The topological polar surface area (TPSA) is 80.1 Å². The van der Waals surface area contributed by atoms with E-state index < -0.39 is 0 Å². The summed E-state index contributed by atoms with van der Waals surface area (Å²) in [4.78, 5) is 7.83. The van der Waals surface area contributed by atoms with Crippen molar-refractivity contribution < 1.29 is 9.47 Å². The summed E-state index contributed by atoms with van der Waals surface area (Å²) in [7, 11) is 1.58. The molecule has 0 aliphatic heterocycles. The van der Waals surface area contributed by atoms with Gasteiger partial charge in [-0.2, -0.15) is 10.2 Å². The molecule has 114 valence electrons. The Morgan fingerprint density at radius 1 is 1.36 bits per heavy atom. The maximum Gasteiger partial charge on any atom is 0.224 e. The predicted molar refractivity (Wildman–Crippen MR) is 83.8 cm³/mol. The SMILES string of the molecule is COc1ccc(Nc2nc(Cl)ncc2C#N)c(OC(C)C)c1. The molecule has 0 amide bonds. The van der Waals surface area contributed by atoms with Crippen LogP contribution in [0.2, 0.25) is 5.28 Å². The highest BCUT2D eigenvalue weighted by Crippen LogP contribution is 2.32. The van der Waals surface area contributed by atoms with Crippen molar-refractivity contribution in [1.29, 1.82) is 5.26 Å². The average Bonchev–Trinajstić information content (AvgIpc) is 2.48. The minimum absolute atomic E-state index is 0.0166. The standard InChI is InChI=1S/C15H15ClN4O2/c1-9(2)22-13-6-11(21-3)4-5-12(13)19-14-10(7-17)8-18-15(16)20-14/h4-6,8-9H,1-3H3,(H,18,19,20). The van der Waals surface area contributed by atoms with Gasteiger partial charge in [-0.3, -0.25) is 0 Å². The molecule has 2 aromatic rings. The Labute approximate surface area is 133 Å². The molecule has 0 atom stereocenters. The molecular formula is C15H15ClN4O2. The fraction of sp³-hybridized carbons (Fsp3) is 0.267. The van der Waals surface area contributed by atoms with E-state index in [0.29, 0.717) is 23.0 Å². The summed E-state index contributed by atoms with van der Waals surface area (Å²) in [6, 6.07) is 7.34. The Morgan fingerprint density at radius 2 is 2.14 bits per heavy atom. The molecule has 0 saturated heterocycles. The number of nitrogens with one attached hydrogen (secondary N) is 1. The summed E-state index contributed by atoms with van der Waals surface area (Å²) in [6.07, 6.45) is 1.35. The summed E-state index contributed by atoms with van der Waals surface area (Å²) in [6.45, 7) is 3.84. The van der Waals surface area contributed by atoms with E-state index >= 15 is 0 Å². The number of anilines is 2. The molecule has 1 aromatic heterocycles. The van der Waals surface area contributed by atoms with Crippen molar-refractivity contribution in [3.05, 3.63) is 35.2 Å². The van der Waals surface area contributed by atoms with Crippen molar-refractivity contribution in [2.45, 2.75) is 20.0 Å². The smallest absolute Gasteiger partial charge is 0.224 e. The number of nitrogens with zero attached hydrogens (tertiary/aromatic N) is 3. The lowest BCUT2D eigenvalue weighted by Gasteiger charge is -2.16. The number of methoxy groups -OCH3 is 1. The van der Waals surface area contributed by atoms with Gasteiger partial charge in [0, 0.05) is 6.07 Å². The third-order valence-corrected chi connectivity index (χ3v) is 2.87. The molecule has 0 spiro atoms. The van der Waals surface area contributed by atoms with E-state index in [4.69, 9.17) is 26.3 Å². The second kappa shape index (κ2) is 6.96. The number of aromatic nitrogens is 2. The molecule has 7 heteroatoms. The van der Waals surface area contributed by atoms with Crippen molar-refractivity contribution >= 4 is 23.1 Å². The Hall–Kier alpha value is -2.52. The molecule has 1 heterocycles. The van der Waals surface area contributed by atoms with Gasteiger partial charge in [-0.05, 0) is 37.6 Å². The van der Waals surface area contributed by atoms with E-state index in [9.17, 15) is 0 Å². The van der Waals surface area contributed by atoms with Crippen LogP contribution in [-0.2, 0) is 0 Å². The van der Waals surface area contributed by atoms with Crippen molar-refractivity contribution in [1.82, 2.24) is 9.97 Å². The van der Waals surface area contributed by atoms with Gasteiger partial charge in [0.25, 0.3) is 0 Å². The molecule has 0 fully saturated rings. The van der Waals surface area contributed by atoms with E-state index in [1.54, 1.807) is 25.3 Å². The normalized spacial score (nSPS) is 10.2. The van der Waals surface area contributed by atoms with Gasteiger partial charge in [0.1, 0.15) is 23.1 Å². The van der Waals surface area contributed by atoms with Gasteiger partial charge in [0.2, 0.25) is 5.28 Å². The van der Waals surface area contributed by atoms with Crippen molar-refractivity contribution in [3.8, 4) is 17.6 Å². The van der Waals surface area contributed by atoms with Crippen LogP contribution in [0.3, 0.4) is 0 Å². The van der Waals surface area contributed by atoms with Crippen LogP contribution in [0, 0.1) is 11.3 Å². The maximum atomic E-state index is 9.12. The van der Waals surface area contributed by atoms with Crippen LogP contribution in [0.4, 0.5) is 11.5 Å². The molecule has 0 aliphatic rings. The summed E-state index contributed by atoms with van der Waals surface area (Å²) in [5, 5.41) is 12.2. The molecule has 0 saturated carbocycles.